The quantitative estimate of drug-likeness (QED) is 0.898. The number of thiophene rings is 1. The highest BCUT2D eigenvalue weighted by Gasteiger charge is 2.12. The largest absolute Gasteiger partial charge is 0.452 e. The Morgan fingerprint density at radius 2 is 2.40 bits per heavy atom. The van der Waals surface area contributed by atoms with Gasteiger partial charge >= 0.3 is 0 Å². The zero-order valence-corrected chi connectivity index (χ0v) is 9.27. The Kier molecular flexibility index (Phi) is 3.08. The molecule has 15 heavy (non-hydrogen) atoms. The van der Waals surface area contributed by atoms with Crippen molar-refractivity contribution in [3.05, 3.63) is 45.5 Å². The summed E-state index contributed by atoms with van der Waals surface area (Å²) in [5.74, 6) is -0.222. The van der Waals surface area contributed by atoms with E-state index < -0.39 is 0 Å². The molecule has 0 saturated carbocycles. The third-order valence-electron chi connectivity index (χ3n) is 1.90. The van der Waals surface area contributed by atoms with Crippen LogP contribution < -0.4 is 5.32 Å². The van der Waals surface area contributed by atoms with Crippen LogP contribution in [0.4, 0.5) is 0 Å². The fourth-order valence-electron chi connectivity index (χ4n) is 1.13. The summed E-state index contributed by atoms with van der Waals surface area (Å²) >= 11 is 7.27. The normalized spacial score (nSPS) is 10.2. The molecule has 1 N–H and O–H groups in total. The predicted octanol–water partition coefficient (Wildman–Crippen LogP) is 2.92. The van der Waals surface area contributed by atoms with E-state index in [-0.39, 0.29) is 11.1 Å². The van der Waals surface area contributed by atoms with Crippen molar-refractivity contribution in [2.24, 2.45) is 0 Å². The van der Waals surface area contributed by atoms with Crippen LogP contribution in [-0.2, 0) is 6.54 Å². The molecule has 0 radical (unpaired) electrons. The lowest BCUT2D eigenvalue weighted by Crippen LogP contribution is -2.22. The van der Waals surface area contributed by atoms with Gasteiger partial charge in [-0.1, -0.05) is 0 Å². The van der Waals surface area contributed by atoms with Crippen molar-refractivity contribution in [3.63, 3.8) is 0 Å². The molecule has 0 aliphatic rings. The number of furan rings is 1. The van der Waals surface area contributed by atoms with E-state index in [9.17, 15) is 4.79 Å². The minimum Gasteiger partial charge on any atom is -0.452 e. The van der Waals surface area contributed by atoms with Crippen molar-refractivity contribution in [2.75, 3.05) is 0 Å². The third kappa shape index (κ3) is 2.40. The second-order valence-electron chi connectivity index (χ2n) is 2.92. The number of carbonyl (C=O) groups is 1. The van der Waals surface area contributed by atoms with Gasteiger partial charge in [0.05, 0.1) is 11.8 Å². The molecule has 2 aromatic heterocycles. The maximum atomic E-state index is 11.6. The first-order valence-electron chi connectivity index (χ1n) is 4.29. The Bertz CT molecular complexity index is 450. The Hall–Kier alpha value is -1.26. The highest BCUT2D eigenvalue weighted by molar-refractivity contribution is 7.07. The van der Waals surface area contributed by atoms with E-state index in [1.165, 1.54) is 6.26 Å². The smallest absolute Gasteiger partial charge is 0.256 e. The minimum absolute atomic E-state index is 0.123. The van der Waals surface area contributed by atoms with Crippen LogP contribution in [0.25, 0.3) is 0 Å². The van der Waals surface area contributed by atoms with E-state index in [4.69, 9.17) is 16.0 Å². The molecule has 0 aromatic carbocycles. The molecular formula is C10H8ClNO2S. The van der Waals surface area contributed by atoms with E-state index >= 15 is 0 Å². The number of hydrogen-bond donors (Lipinski definition) is 1. The summed E-state index contributed by atoms with van der Waals surface area (Å²) in [7, 11) is 0. The second kappa shape index (κ2) is 4.51. The van der Waals surface area contributed by atoms with Gasteiger partial charge in [-0.3, -0.25) is 4.79 Å². The lowest BCUT2D eigenvalue weighted by molar-refractivity contribution is 0.0950. The molecule has 0 saturated heterocycles. The van der Waals surface area contributed by atoms with Gasteiger partial charge in [0.15, 0.2) is 0 Å². The summed E-state index contributed by atoms with van der Waals surface area (Å²) in [6.07, 6.45) is 1.39. The molecular weight excluding hydrogens is 234 g/mol. The van der Waals surface area contributed by atoms with Gasteiger partial charge in [0.2, 0.25) is 5.22 Å². The molecule has 3 nitrogen and oxygen atoms in total. The van der Waals surface area contributed by atoms with Crippen molar-refractivity contribution in [1.29, 1.82) is 0 Å². The van der Waals surface area contributed by atoms with Crippen molar-refractivity contribution in [3.8, 4) is 0 Å². The summed E-state index contributed by atoms with van der Waals surface area (Å²) in [5.41, 5.74) is 1.44. The minimum atomic E-state index is -0.222. The number of nitrogens with one attached hydrogen (secondary N) is 1. The third-order valence-corrected chi connectivity index (χ3v) is 2.92. The molecule has 0 unspecified atom stereocenters. The lowest BCUT2D eigenvalue weighted by Gasteiger charge is -2.01. The molecule has 78 valence electrons. The van der Waals surface area contributed by atoms with Crippen LogP contribution in [0, 0.1) is 0 Å². The molecule has 2 heterocycles. The number of hydrogen-bond acceptors (Lipinski definition) is 3. The van der Waals surface area contributed by atoms with Crippen LogP contribution in [-0.4, -0.2) is 5.91 Å². The highest BCUT2D eigenvalue weighted by Crippen LogP contribution is 2.16. The SMILES string of the molecule is O=C(NCc1ccsc1)c1ccoc1Cl. The number of amides is 1. The van der Waals surface area contributed by atoms with Gasteiger partial charge in [0, 0.05) is 6.54 Å². The first kappa shape index (κ1) is 10.3. The second-order valence-corrected chi connectivity index (χ2v) is 4.05. The van der Waals surface area contributed by atoms with Crippen LogP contribution >= 0.6 is 22.9 Å². The van der Waals surface area contributed by atoms with Gasteiger partial charge in [-0.15, -0.1) is 0 Å². The Labute approximate surface area is 95.7 Å². The molecule has 0 fully saturated rings. The zero-order valence-electron chi connectivity index (χ0n) is 7.70. The highest BCUT2D eigenvalue weighted by atomic mass is 35.5. The van der Waals surface area contributed by atoms with E-state index in [1.807, 2.05) is 16.8 Å². The number of rotatable bonds is 3. The van der Waals surface area contributed by atoms with E-state index in [0.717, 1.165) is 5.56 Å². The molecule has 0 aliphatic heterocycles. The predicted molar refractivity (Wildman–Crippen MR) is 59.2 cm³/mol. The summed E-state index contributed by atoms with van der Waals surface area (Å²) in [5, 5.41) is 6.82. The van der Waals surface area contributed by atoms with Crippen molar-refractivity contribution in [2.45, 2.75) is 6.54 Å². The van der Waals surface area contributed by atoms with Crippen molar-refractivity contribution in [1.82, 2.24) is 5.32 Å². The topological polar surface area (TPSA) is 42.2 Å². The Morgan fingerprint density at radius 1 is 1.53 bits per heavy atom. The zero-order chi connectivity index (χ0) is 10.7. The average molecular weight is 242 g/mol. The van der Waals surface area contributed by atoms with Crippen LogP contribution in [0.1, 0.15) is 15.9 Å². The van der Waals surface area contributed by atoms with Crippen LogP contribution in [0.5, 0.6) is 0 Å². The van der Waals surface area contributed by atoms with Crippen LogP contribution in [0.15, 0.2) is 33.6 Å². The van der Waals surface area contributed by atoms with Crippen LogP contribution in [0.2, 0.25) is 5.22 Å². The molecule has 0 aliphatic carbocycles. The summed E-state index contributed by atoms with van der Waals surface area (Å²) in [6, 6.07) is 3.51. The molecule has 0 bridgehead atoms. The van der Waals surface area contributed by atoms with Gasteiger partial charge in [-0.2, -0.15) is 11.3 Å². The number of halogens is 1. The molecule has 2 rings (SSSR count). The molecule has 1 amide bonds. The first-order chi connectivity index (χ1) is 7.27. The fraction of sp³-hybridized carbons (Fsp3) is 0.100. The van der Waals surface area contributed by atoms with Crippen LogP contribution in [0.3, 0.4) is 0 Å². The van der Waals surface area contributed by atoms with E-state index in [0.29, 0.717) is 12.1 Å². The monoisotopic (exact) mass is 241 g/mol. The standard InChI is InChI=1S/C10H8ClNO2S/c11-9-8(1-3-14-9)10(13)12-5-7-2-4-15-6-7/h1-4,6H,5H2,(H,12,13). The summed E-state index contributed by atoms with van der Waals surface area (Å²) in [6.45, 7) is 0.504. The summed E-state index contributed by atoms with van der Waals surface area (Å²) < 4.78 is 4.83. The fourth-order valence-corrected chi connectivity index (χ4v) is 2.00. The van der Waals surface area contributed by atoms with Gasteiger partial charge in [-0.05, 0) is 40.1 Å². The Balaban J connectivity index is 1.96. The Morgan fingerprint density at radius 3 is 3.00 bits per heavy atom. The summed E-state index contributed by atoms with van der Waals surface area (Å²) in [4.78, 5) is 11.6. The average Bonchev–Trinajstić information content (AvgIpc) is 2.84. The van der Waals surface area contributed by atoms with Gasteiger partial charge in [0.1, 0.15) is 0 Å². The van der Waals surface area contributed by atoms with Crippen molar-refractivity contribution < 1.29 is 9.21 Å². The molecule has 0 atom stereocenters. The van der Waals surface area contributed by atoms with Gasteiger partial charge in [0.25, 0.3) is 5.91 Å². The van der Waals surface area contributed by atoms with Gasteiger partial charge < -0.3 is 9.73 Å². The molecule has 2 aromatic rings. The maximum Gasteiger partial charge on any atom is 0.256 e. The van der Waals surface area contributed by atoms with Crippen molar-refractivity contribution >= 4 is 28.8 Å². The van der Waals surface area contributed by atoms with E-state index in [1.54, 1.807) is 17.4 Å². The maximum absolute atomic E-state index is 11.6. The first-order valence-corrected chi connectivity index (χ1v) is 5.61. The molecule has 0 spiro atoms. The molecule has 5 heteroatoms. The number of carbonyl (C=O) groups excluding carboxylic acids is 1. The lowest BCUT2D eigenvalue weighted by atomic mass is 10.3. The van der Waals surface area contributed by atoms with Gasteiger partial charge in [-0.25, -0.2) is 0 Å². The van der Waals surface area contributed by atoms with E-state index in [2.05, 4.69) is 5.32 Å².